The van der Waals surface area contributed by atoms with Crippen LogP contribution in [0.25, 0.3) is 0 Å². The molecule has 0 bridgehead atoms. The lowest BCUT2D eigenvalue weighted by molar-refractivity contribution is 0.567. The van der Waals surface area contributed by atoms with Gasteiger partial charge in [-0.05, 0) is 50.4 Å². The summed E-state index contributed by atoms with van der Waals surface area (Å²) < 4.78 is 0. The highest BCUT2D eigenvalue weighted by Gasteiger charge is 2.16. The molecule has 20 heavy (non-hydrogen) atoms. The molecule has 114 valence electrons. The van der Waals surface area contributed by atoms with Crippen LogP contribution in [0.5, 0.6) is 0 Å². The summed E-state index contributed by atoms with van der Waals surface area (Å²) in [6.45, 7) is 14.2. The lowest BCUT2D eigenvalue weighted by Gasteiger charge is -2.33. The third kappa shape index (κ3) is 5.34. The van der Waals surface area contributed by atoms with Gasteiger partial charge in [0.05, 0.1) is 0 Å². The first-order chi connectivity index (χ1) is 9.45. The Morgan fingerprint density at radius 2 is 1.90 bits per heavy atom. The molecule has 0 heterocycles. The van der Waals surface area contributed by atoms with Crippen LogP contribution < -0.4 is 10.2 Å². The Bertz CT molecular complexity index is 402. The van der Waals surface area contributed by atoms with Crippen molar-refractivity contribution in [2.24, 2.45) is 5.92 Å². The highest BCUT2D eigenvalue weighted by Crippen LogP contribution is 2.27. The molecule has 0 saturated heterocycles. The minimum atomic E-state index is 0.473. The quantitative estimate of drug-likeness (QED) is 0.699. The molecule has 0 fully saturated rings. The molecular formula is C17H29ClN2. The van der Waals surface area contributed by atoms with E-state index >= 15 is 0 Å². The summed E-state index contributed by atoms with van der Waals surface area (Å²) in [6.07, 6.45) is 1.16. The van der Waals surface area contributed by atoms with Crippen molar-refractivity contribution >= 4 is 17.3 Å². The fraction of sp³-hybridized carbons (Fsp3) is 0.647. The van der Waals surface area contributed by atoms with Gasteiger partial charge in [0.25, 0.3) is 0 Å². The van der Waals surface area contributed by atoms with Crippen molar-refractivity contribution in [3.8, 4) is 0 Å². The van der Waals surface area contributed by atoms with Crippen LogP contribution in [0.15, 0.2) is 18.2 Å². The zero-order valence-corrected chi connectivity index (χ0v) is 14.3. The van der Waals surface area contributed by atoms with Gasteiger partial charge in [0.15, 0.2) is 0 Å². The molecule has 1 aromatic carbocycles. The van der Waals surface area contributed by atoms with Crippen LogP contribution in [0.4, 0.5) is 5.69 Å². The smallest absolute Gasteiger partial charge is 0.0429 e. The van der Waals surface area contributed by atoms with Crippen LogP contribution >= 0.6 is 11.6 Å². The van der Waals surface area contributed by atoms with E-state index in [9.17, 15) is 0 Å². The SMILES string of the molecule is CCCNCc1ccc(Cl)cc1N(CC(C)C)C(C)C. The summed E-state index contributed by atoms with van der Waals surface area (Å²) in [5, 5.41) is 4.30. The van der Waals surface area contributed by atoms with Gasteiger partial charge in [-0.1, -0.05) is 38.4 Å². The van der Waals surface area contributed by atoms with Crippen LogP contribution in [0, 0.1) is 5.92 Å². The number of anilines is 1. The van der Waals surface area contributed by atoms with Crippen LogP contribution in [0.2, 0.25) is 5.02 Å². The number of rotatable bonds is 8. The van der Waals surface area contributed by atoms with Crippen molar-refractivity contribution in [2.75, 3.05) is 18.0 Å². The fourth-order valence-corrected chi connectivity index (χ4v) is 2.50. The number of hydrogen-bond acceptors (Lipinski definition) is 2. The zero-order chi connectivity index (χ0) is 15.1. The summed E-state index contributed by atoms with van der Waals surface area (Å²) in [6, 6.07) is 6.71. The standard InChI is InChI=1S/C17H29ClN2/c1-6-9-19-11-15-7-8-16(18)10-17(15)20(14(4)5)12-13(2)3/h7-8,10,13-14,19H,6,9,11-12H2,1-5H3. The maximum Gasteiger partial charge on any atom is 0.0429 e. The van der Waals surface area contributed by atoms with E-state index in [1.807, 2.05) is 6.07 Å². The number of benzene rings is 1. The Kier molecular flexibility index (Phi) is 7.39. The van der Waals surface area contributed by atoms with Crippen molar-refractivity contribution < 1.29 is 0 Å². The minimum Gasteiger partial charge on any atom is -0.369 e. The maximum atomic E-state index is 6.22. The van der Waals surface area contributed by atoms with E-state index in [1.54, 1.807) is 0 Å². The lowest BCUT2D eigenvalue weighted by atomic mass is 10.1. The Morgan fingerprint density at radius 1 is 1.20 bits per heavy atom. The van der Waals surface area contributed by atoms with Crippen molar-refractivity contribution in [1.82, 2.24) is 5.32 Å². The van der Waals surface area contributed by atoms with E-state index in [1.165, 1.54) is 11.3 Å². The summed E-state index contributed by atoms with van der Waals surface area (Å²) >= 11 is 6.22. The van der Waals surface area contributed by atoms with Gasteiger partial charge in [-0.2, -0.15) is 0 Å². The molecule has 0 unspecified atom stereocenters. The minimum absolute atomic E-state index is 0.473. The van der Waals surface area contributed by atoms with Gasteiger partial charge in [0.2, 0.25) is 0 Å². The monoisotopic (exact) mass is 296 g/mol. The van der Waals surface area contributed by atoms with E-state index in [0.29, 0.717) is 12.0 Å². The summed E-state index contributed by atoms with van der Waals surface area (Å²) in [5.41, 5.74) is 2.60. The second-order valence-corrected chi connectivity index (χ2v) is 6.53. The summed E-state index contributed by atoms with van der Waals surface area (Å²) in [5.74, 6) is 0.632. The Morgan fingerprint density at radius 3 is 2.45 bits per heavy atom. The Hall–Kier alpha value is -0.730. The molecule has 0 aliphatic heterocycles. The molecule has 2 nitrogen and oxygen atoms in total. The van der Waals surface area contributed by atoms with Gasteiger partial charge >= 0.3 is 0 Å². The zero-order valence-electron chi connectivity index (χ0n) is 13.5. The predicted molar refractivity (Wildman–Crippen MR) is 90.8 cm³/mol. The van der Waals surface area contributed by atoms with Gasteiger partial charge in [0.1, 0.15) is 0 Å². The van der Waals surface area contributed by atoms with Gasteiger partial charge in [-0.25, -0.2) is 0 Å². The normalized spacial score (nSPS) is 11.4. The van der Waals surface area contributed by atoms with Crippen molar-refractivity contribution in [3.05, 3.63) is 28.8 Å². The van der Waals surface area contributed by atoms with Crippen molar-refractivity contribution in [3.63, 3.8) is 0 Å². The van der Waals surface area contributed by atoms with Crippen molar-refractivity contribution in [2.45, 2.75) is 53.6 Å². The average Bonchev–Trinajstić information content (AvgIpc) is 2.37. The molecular weight excluding hydrogens is 268 g/mol. The molecule has 1 N–H and O–H groups in total. The van der Waals surface area contributed by atoms with Gasteiger partial charge in [0, 0.05) is 29.8 Å². The molecule has 0 amide bonds. The molecule has 0 atom stereocenters. The molecule has 0 aliphatic carbocycles. The molecule has 0 aromatic heterocycles. The number of nitrogens with one attached hydrogen (secondary N) is 1. The molecule has 0 aliphatic rings. The van der Waals surface area contributed by atoms with Gasteiger partial charge < -0.3 is 10.2 Å². The van der Waals surface area contributed by atoms with Crippen molar-refractivity contribution in [1.29, 1.82) is 0 Å². The second kappa shape index (κ2) is 8.53. The number of halogens is 1. The van der Waals surface area contributed by atoms with E-state index in [0.717, 1.165) is 31.1 Å². The summed E-state index contributed by atoms with van der Waals surface area (Å²) in [7, 11) is 0. The van der Waals surface area contributed by atoms with Gasteiger partial charge in [-0.15, -0.1) is 0 Å². The maximum absolute atomic E-state index is 6.22. The fourth-order valence-electron chi connectivity index (χ4n) is 2.33. The third-order valence-corrected chi connectivity index (χ3v) is 3.52. The van der Waals surface area contributed by atoms with Gasteiger partial charge in [-0.3, -0.25) is 0 Å². The van der Waals surface area contributed by atoms with E-state index < -0.39 is 0 Å². The average molecular weight is 297 g/mol. The second-order valence-electron chi connectivity index (χ2n) is 6.09. The molecule has 0 spiro atoms. The first-order valence-corrected chi connectivity index (χ1v) is 8.09. The first-order valence-electron chi connectivity index (χ1n) is 7.71. The van der Waals surface area contributed by atoms with Crippen LogP contribution in [-0.4, -0.2) is 19.1 Å². The molecule has 1 aromatic rings. The number of hydrogen-bond donors (Lipinski definition) is 1. The first kappa shape index (κ1) is 17.3. The topological polar surface area (TPSA) is 15.3 Å². The van der Waals surface area contributed by atoms with E-state index in [4.69, 9.17) is 11.6 Å². The van der Waals surface area contributed by atoms with Crippen LogP contribution in [-0.2, 0) is 6.54 Å². The highest BCUT2D eigenvalue weighted by molar-refractivity contribution is 6.30. The van der Waals surface area contributed by atoms with E-state index in [2.05, 4.69) is 57.0 Å². The van der Waals surface area contributed by atoms with E-state index in [-0.39, 0.29) is 0 Å². The highest BCUT2D eigenvalue weighted by atomic mass is 35.5. The third-order valence-electron chi connectivity index (χ3n) is 3.28. The summed E-state index contributed by atoms with van der Waals surface area (Å²) in [4.78, 5) is 2.46. The molecule has 1 rings (SSSR count). The Labute approximate surface area is 129 Å². The molecule has 3 heteroatoms. The van der Waals surface area contributed by atoms with Crippen LogP contribution in [0.3, 0.4) is 0 Å². The Balaban J connectivity index is 3.00. The number of nitrogens with zero attached hydrogens (tertiary/aromatic N) is 1. The van der Waals surface area contributed by atoms with Crippen LogP contribution in [0.1, 0.15) is 46.6 Å². The lowest BCUT2D eigenvalue weighted by Crippen LogP contribution is -2.35. The molecule has 0 saturated carbocycles. The predicted octanol–water partition coefficient (Wildman–Crippen LogP) is 4.71. The largest absolute Gasteiger partial charge is 0.369 e. The molecule has 0 radical (unpaired) electrons.